The van der Waals surface area contributed by atoms with Crippen molar-refractivity contribution in [1.29, 1.82) is 0 Å². The minimum absolute atomic E-state index is 0.250. The summed E-state index contributed by atoms with van der Waals surface area (Å²) in [4.78, 5) is 36.9. The predicted molar refractivity (Wildman–Crippen MR) is 113 cm³/mol. The molecule has 1 aliphatic rings. The molecule has 3 rings (SSSR count). The first kappa shape index (κ1) is 21.7. The summed E-state index contributed by atoms with van der Waals surface area (Å²) in [6.07, 6.45) is 2.54. The Morgan fingerprint density at radius 1 is 1.17 bits per heavy atom. The first-order valence-corrected chi connectivity index (χ1v) is 10.1. The van der Waals surface area contributed by atoms with Crippen molar-refractivity contribution in [1.82, 2.24) is 5.43 Å². The van der Waals surface area contributed by atoms with Gasteiger partial charge in [-0.05, 0) is 54.7 Å². The number of allylic oxidation sites excluding steroid dienone is 1. The van der Waals surface area contributed by atoms with Gasteiger partial charge in [0.1, 0.15) is 12.2 Å². The predicted octanol–water partition coefficient (Wildman–Crippen LogP) is 4.28. The van der Waals surface area contributed by atoms with Gasteiger partial charge in [0.25, 0.3) is 0 Å². The second kappa shape index (κ2) is 9.67. The number of anilines is 1. The van der Waals surface area contributed by atoms with E-state index in [-0.39, 0.29) is 16.8 Å². The van der Waals surface area contributed by atoms with Crippen molar-refractivity contribution in [3.63, 3.8) is 0 Å². The average Bonchev–Trinajstić information content (AvgIpc) is 3.57. The molecule has 0 unspecified atom stereocenters. The van der Waals surface area contributed by atoms with Crippen molar-refractivity contribution in [3.05, 3.63) is 75.7 Å². The Hall–Kier alpha value is -3.00. The Labute approximate surface area is 181 Å². The van der Waals surface area contributed by atoms with Crippen molar-refractivity contribution < 1.29 is 23.5 Å². The number of carbonyl (C=O) groups excluding carboxylic acids is 3. The maximum atomic E-state index is 14.3. The van der Waals surface area contributed by atoms with Crippen LogP contribution in [-0.4, -0.2) is 24.6 Å². The summed E-state index contributed by atoms with van der Waals surface area (Å²) < 4.78 is 19.6. The molecule has 0 aliphatic heterocycles. The fourth-order valence-corrected chi connectivity index (χ4v) is 3.18. The highest BCUT2D eigenvalue weighted by Crippen LogP contribution is 2.43. The van der Waals surface area contributed by atoms with Crippen LogP contribution in [-0.2, 0) is 14.3 Å². The van der Waals surface area contributed by atoms with E-state index in [2.05, 4.69) is 31.5 Å². The Balaban J connectivity index is 1.83. The van der Waals surface area contributed by atoms with Crippen LogP contribution in [0.3, 0.4) is 0 Å². The Bertz CT molecular complexity index is 1000. The van der Waals surface area contributed by atoms with Crippen molar-refractivity contribution in [3.8, 4) is 0 Å². The largest absolute Gasteiger partial charge is 0.469 e. The minimum Gasteiger partial charge on any atom is -0.469 e. The number of hydrogen-bond acceptors (Lipinski definition) is 6. The number of hydrogen-bond donors (Lipinski definition) is 2. The second-order valence-corrected chi connectivity index (χ2v) is 7.73. The van der Waals surface area contributed by atoms with E-state index in [1.165, 1.54) is 6.07 Å². The van der Waals surface area contributed by atoms with Crippen molar-refractivity contribution >= 4 is 39.2 Å². The lowest BCUT2D eigenvalue weighted by molar-refractivity contribution is -0.142. The molecule has 0 bridgehead atoms. The molecule has 2 aromatic rings. The molecular weight excluding hydrogens is 455 g/mol. The summed E-state index contributed by atoms with van der Waals surface area (Å²) in [5.74, 6) is -2.19. The van der Waals surface area contributed by atoms with Gasteiger partial charge in [-0.2, -0.15) is 0 Å². The van der Waals surface area contributed by atoms with Crippen LogP contribution in [0.15, 0.2) is 58.7 Å². The van der Waals surface area contributed by atoms with Crippen LogP contribution in [0.2, 0.25) is 0 Å². The summed E-state index contributed by atoms with van der Waals surface area (Å²) in [6.45, 7) is 0. The van der Waals surface area contributed by atoms with Gasteiger partial charge >= 0.3 is 5.97 Å². The first-order chi connectivity index (χ1) is 14.4. The molecular formula is C22H20BrFN2O4. The van der Waals surface area contributed by atoms with Gasteiger partial charge in [0.15, 0.2) is 11.6 Å². The number of hydrazine groups is 1. The summed E-state index contributed by atoms with van der Waals surface area (Å²) >= 11 is 3.29. The molecule has 8 heteroatoms. The lowest BCUT2D eigenvalue weighted by Gasteiger charge is -2.13. The third-order valence-electron chi connectivity index (χ3n) is 4.66. The van der Waals surface area contributed by atoms with E-state index in [9.17, 15) is 18.8 Å². The molecule has 0 spiro atoms. The number of carbonyl (C=O) groups is 3. The van der Waals surface area contributed by atoms with Gasteiger partial charge in [-0.25, -0.2) is 4.39 Å². The molecule has 1 aliphatic carbocycles. The number of benzene rings is 2. The van der Waals surface area contributed by atoms with Crippen LogP contribution < -0.4 is 10.9 Å². The SMILES string of the molecule is COC(=O)CC(=O)C(=CNNc1c(F)cccc1C1CC1)C(=O)c1ccc(Br)cc1. The molecule has 156 valence electrons. The number of rotatable bonds is 9. The number of nitrogens with one attached hydrogen (secondary N) is 2. The highest BCUT2D eigenvalue weighted by molar-refractivity contribution is 9.10. The summed E-state index contributed by atoms with van der Waals surface area (Å²) in [5, 5.41) is 0. The average molecular weight is 475 g/mol. The van der Waals surface area contributed by atoms with Crippen LogP contribution >= 0.6 is 15.9 Å². The van der Waals surface area contributed by atoms with Crippen LogP contribution in [0.25, 0.3) is 0 Å². The van der Waals surface area contributed by atoms with Gasteiger partial charge in [0.05, 0.1) is 18.4 Å². The normalized spacial score (nSPS) is 13.5. The summed E-state index contributed by atoms with van der Waals surface area (Å²) in [7, 11) is 1.16. The third-order valence-corrected chi connectivity index (χ3v) is 5.19. The molecule has 6 nitrogen and oxygen atoms in total. The number of para-hydroxylation sites is 1. The number of Topliss-reactive ketones (excluding diaryl/α,β-unsaturated/α-hetero) is 2. The molecule has 0 atom stereocenters. The van der Waals surface area contributed by atoms with E-state index in [1.807, 2.05) is 6.07 Å². The molecule has 0 radical (unpaired) electrons. The van der Waals surface area contributed by atoms with E-state index < -0.39 is 29.8 Å². The van der Waals surface area contributed by atoms with Gasteiger partial charge in [-0.3, -0.25) is 19.8 Å². The van der Waals surface area contributed by atoms with E-state index in [0.717, 1.165) is 36.2 Å². The minimum atomic E-state index is -0.757. The highest BCUT2D eigenvalue weighted by Gasteiger charge is 2.27. The number of ketones is 2. The zero-order chi connectivity index (χ0) is 21.7. The van der Waals surface area contributed by atoms with Gasteiger partial charge in [0, 0.05) is 16.2 Å². The van der Waals surface area contributed by atoms with Crippen LogP contribution in [0.4, 0.5) is 10.1 Å². The third kappa shape index (κ3) is 5.33. The van der Waals surface area contributed by atoms with Gasteiger partial charge in [-0.1, -0.05) is 28.1 Å². The summed E-state index contributed by atoms with van der Waals surface area (Å²) in [5.41, 5.74) is 6.51. The van der Waals surface area contributed by atoms with Crippen LogP contribution in [0, 0.1) is 5.82 Å². The highest BCUT2D eigenvalue weighted by atomic mass is 79.9. The molecule has 30 heavy (non-hydrogen) atoms. The quantitative estimate of drug-likeness (QED) is 0.141. The van der Waals surface area contributed by atoms with Gasteiger partial charge in [-0.15, -0.1) is 0 Å². The van der Waals surface area contributed by atoms with Crippen LogP contribution in [0.1, 0.15) is 41.1 Å². The molecule has 0 saturated heterocycles. The second-order valence-electron chi connectivity index (χ2n) is 6.82. The smallest absolute Gasteiger partial charge is 0.313 e. The number of esters is 1. The van der Waals surface area contributed by atoms with Crippen molar-refractivity contribution in [2.75, 3.05) is 12.5 Å². The lowest BCUT2D eigenvalue weighted by Crippen LogP contribution is -2.23. The van der Waals surface area contributed by atoms with E-state index in [4.69, 9.17) is 0 Å². The first-order valence-electron chi connectivity index (χ1n) is 9.31. The van der Waals surface area contributed by atoms with Crippen LogP contribution in [0.5, 0.6) is 0 Å². The number of ether oxygens (including phenoxy) is 1. The Morgan fingerprint density at radius 2 is 1.87 bits per heavy atom. The number of halogens is 2. The molecule has 2 N–H and O–H groups in total. The molecule has 1 saturated carbocycles. The Morgan fingerprint density at radius 3 is 2.50 bits per heavy atom. The standard InChI is InChI=1S/C22H20BrFN2O4/c1-30-20(28)11-19(27)17(22(29)14-7-9-15(23)10-8-14)12-25-26-21-16(13-5-6-13)3-2-4-18(21)24/h2-4,7-10,12-13,25-26H,5-6,11H2,1H3. The topological polar surface area (TPSA) is 84.5 Å². The molecule has 0 heterocycles. The molecule has 2 aromatic carbocycles. The van der Waals surface area contributed by atoms with Gasteiger partial charge in [0.2, 0.25) is 0 Å². The fourth-order valence-electron chi connectivity index (χ4n) is 2.92. The Kier molecular flexibility index (Phi) is 6.99. The summed E-state index contributed by atoms with van der Waals surface area (Å²) in [6, 6.07) is 11.3. The van der Waals surface area contributed by atoms with Gasteiger partial charge < -0.3 is 10.2 Å². The zero-order valence-electron chi connectivity index (χ0n) is 16.2. The molecule has 0 amide bonds. The number of methoxy groups -OCH3 is 1. The monoisotopic (exact) mass is 474 g/mol. The maximum Gasteiger partial charge on any atom is 0.313 e. The molecule has 1 fully saturated rings. The van der Waals surface area contributed by atoms with Crippen molar-refractivity contribution in [2.45, 2.75) is 25.2 Å². The fraction of sp³-hybridized carbons (Fsp3) is 0.227. The van der Waals surface area contributed by atoms with Crippen molar-refractivity contribution in [2.24, 2.45) is 0 Å². The van der Waals surface area contributed by atoms with E-state index in [1.54, 1.807) is 30.3 Å². The molecule has 0 aromatic heterocycles. The lowest BCUT2D eigenvalue weighted by atomic mass is 9.99. The maximum absolute atomic E-state index is 14.3. The van der Waals surface area contributed by atoms with E-state index in [0.29, 0.717) is 5.92 Å². The zero-order valence-corrected chi connectivity index (χ0v) is 17.8. The van der Waals surface area contributed by atoms with E-state index >= 15 is 0 Å².